The largest absolute Gasteiger partial charge is 0.437 e. The van der Waals surface area contributed by atoms with Crippen LogP contribution in [0.1, 0.15) is 36.6 Å². The molecular formula is C17H21ClN2O. The van der Waals surface area contributed by atoms with Crippen LogP contribution in [0.15, 0.2) is 30.3 Å². The van der Waals surface area contributed by atoms with E-state index in [-0.39, 0.29) is 0 Å². The number of aryl methyl sites for hydroxylation is 1. The third-order valence-electron chi connectivity index (χ3n) is 3.16. The Kier molecular flexibility index (Phi) is 5.21. The van der Waals surface area contributed by atoms with Crippen molar-refractivity contribution >= 4 is 11.6 Å². The van der Waals surface area contributed by atoms with Crippen molar-refractivity contribution < 1.29 is 4.74 Å². The average molecular weight is 305 g/mol. The molecule has 0 saturated heterocycles. The lowest BCUT2D eigenvalue weighted by Crippen LogP contribution is -2.07. The predicted molar refractivity (Wildman–Crippen MR) is 87.4 cm³/mol. The number of pyridine rings is 1. The van der Waals surface area contributed by atoms with Gasteiger partial charge in [0, 0.05) is 18.3 Å². The van der Waals surface area contributed by atoms with E-state index in [0.717, 1.165) is 23.4 Å². The molecule has 0 fully saturated rings. The molecule has 1 aromatic heterocycles. The Morgan fingerprint density at radius 1 is 1.24 bits per heavy atom. The number of ether oxygens (including phenoxy) is 1. The van der Waals surface area contributed by atoms with Gasteiger partial charge in [0.15, 0.2) is 0 Å². The fraction of sp³-hybridized carbons (Fsp3) is 0.353. The zero-order valence-electron chi connectivity index (χ0n) is 12.9. The molecule has 1 heterocycles. The molecule has 0 aliphatic carbocycles. The highest BCUT2D eigenvalue weighted by molar-refractivity contribution is 6.32. The number of nitrogens with zero attached hydrogens (tertiary/aromatic N) is 1. The van der Waals surface area contributed by atoms with Crippen molar-refractivity contribution in [1.29, 1.82) is 0 Å². The SMILES string of the molecule is CNCc1cc(Oc2cc(C)ccc2Cl)nc(C(C)C)c1. The summed E-state index contributed by atoms with van der Waals surface area (Å²) in [6, 6.07) is 9.77. The van der Waals surface area contributed by atoms with E-state index >= 15 is 0 Å². The molecule has 0 aliphatic rings. The van der Waals surface area contributed by atoms with Crippen molar-refractivity contribution in [2.24, 2.45) is 0 Å². The van der Waals surface area contributed by atoms with Crippen LogP contribution in [0, 0.1) is 6.92 Å². The van der Waals surface area contributed by atoms with Crippen molar-refractivity contribution in [1.82, 2.24) is 10.3 Å². The van der Waals surface area contributed by atoms with Gasteiger partial charge in [0.05, 0.1) is 5.02 Å². The van der Waals surface area contributed by atoms with Crippen molar-refractivity contribution in [2.75, 3.05) is 7.05 Å². The molecule has 1 N–H and O–H groups in total. The van der Waals surface area contributed by atoms with Gasteiger partial charge in [-0.15, -0.1) is 0 Å². The zero-order valence-corrected chi connectivity index (χ0v) is 13.7. The van der Waals surface area contributed by atoms with Gasteiger partial charge in [-0.1, -0.05) is 31.5 Å². The molecule has 0 radical (unpaired) electrons. The standard InChI is InChI=1S/C17H21ClN2O/c1-11(2)15-8-13(10-19-4)9-17(20-15)21-16-7-12(3)5-6-14(16)18/h5-9,11,19H,10H2,1-4H3. The van der Waals surface area contributed by atoms with Crippen LogP contribution in [0.4, 0.5) is 0 Å². The summed E-state index contributed by atoms with van der Waals surface area (Å²) in [5.41, 5.74) is 3.27. The molecule has 0 saturated carbocycles. The lowest BCUT2D eigenvalue weighted by molar-refractivity contribution is 0.458. The van der Waals surface area contributed by atoms with Crippen LogP contribution >= 0.6 is 11.6 Å². The Hall–Kier alpha value is -1.58. The van der Waals surface area contributed by atoms with Crippen LogP contribution < -0.4 is 10.1 Å². The van der Waals surface area contributed by atoms with E-state index < -0.39 is 0 Å². The summed E-state index contributed by atoms with van der Waals surface area (Å²) in [5.74, 6) is 1.57. The highest BCUT2D eigenvalue weighted by Gasteiger charge is 2.10. The predicted octanol–water partition coefficient (Wildman–Crippen LogP) is 4.68. The summed E-state index contributed by atoms with van der Waals surface area (Å²) in [6.07, 6.45) is 0. The van der Waals surface area contributed by atoms with E-state index in [1.165, 1.54) is 0 Å². The maximum Gasteiger partial charge on any atom is 0.219 e. The quantitative estimate of drug-likeness (QED) is 0.871. The normalized spacial score (nSPS) is 11.0. The minimum atomic E-state index is 0.345. The average Bonchev–Trinajstić information content (AvgIpc) is 2.43. The molecule has 1 aromatic carbocycles. The Morgan fingerprint density at radius 2 is 2.00 bits per heavy atom. The van der Waals surface area contributed by atoms with Crippen LogP contribution in [-0.2, 0) is 6.54 Å². The molecule has 21 heavy (non-hydrogen) atoms. The fourth-order valence-electron chi connectivity index (χ4n) is 2.04. The van der Waals surface area contributed by atoms with Gasteiger partial charge in [0.1, 0.15) is 5.75 Å². The van der Waals surface area contributed by atoms with Crippen molar-refractivity contribution in [3.8, 4) is 11.6 Å². The number of halogens is 1. The molecule has 2 rings (SSSR count). The minimum Gasteiger partial charge on any atom is -0.437 e. The smallest absolute Gasteiger partial charge is 0.219 e. The van der Waals surface area contributed by atoms with Crippen molar-refractivity contribution in [2.45, 2.75) is 33.2 Å². The summed E-state index contributed by atoms with van der Waals surface area (Å²) >= 11 is 6.18. The molecule has 0 bridgehead atoms. The summed E-state index contributed by atoms with van der Waals surface area (Å²) in [5, 5.41) is 3.74. The minimum absolute atomic E-state index is 0.345. The number of benzene rings is 1. The van der Waals surface area contributed by atoms with E-state index in [9.17, 15) is 0 Å². The van der Waals surface area contributed by atoms with Gasteiger partial charge >= 0.3 is 0 Å². The van der Waals surface area contributed by atoms with Crippen LogP contribution in [0.5, 0.6) is 11.6 Å². The third kappa shape index (κ3) is 4.19. The summed E-state index contributed by atoms with van der Waals surface area (Å²) in [6.45, 7) is 7.03. The Morgan fingerprint density at radius 3 is 2.67 bits per heavy atom. The number of aromatic nitrogens is 1. The fourth-order valence-corrected chi connectivity index (χ4v) is 2.19. The lowest BCUT2D eigenvalue weighted by atomic mass is 10.1. The monoisotopic (exact) mass is 304 g/mol. The number of hydrogen-bond donors (Lipinski definition) is 1. The Labute approximate surface area is 131 Å². The van der Waals surface area contributed by atoms with Gasteiger partial charge in [-0.2, -0.15) is 0 Å². The first kappa shape index (κ1) is 15.8. The molecular weight excluding hydrogens is 284 g/mol. The van der Waals surface area contributed by atoms with Crippen molar-refractivity contribution in [3.05, 3.63) is 52.2 Å². The van der Waals surface area contributed by atoms with Crippen LogP contribution in [0.2, 0.25) is 5.02 Å². The van der Waals surface area contributed by atoms with E-state index in [0.29, 0.717) is 22.6 Å². The first-order valence-corrected chi connectivity index (χ1v) is 7.47. The number of nitrogens with one attached hydrogen (secondary N) is 1. The molecule has 0 spiro atoms. The highest BCUT2D eigenvalue weighted by Crippen LogP contribution is 2.30. The maximum atomic E-state index is 6.18. The van der Waals surface area contributed by atoms with E-state index in [1.54, 1.807) is 0 Å². The summed E-state index contributed by atoms with van der Waals surface area (Å²) in [7, 11) is 1.92. The second kappa shape index (κ2) is 6.92. The van der Waals surface area contributed by atoms with Crippen molar-refractivity contribution in [3.63, 3.8) is 0 Å². The van der Waals surface area contributed by atoms with Crippen LogP contribution in [0.3, 0.4) is 0 Å². The van der Waals surface area contributed by atoms with Crippen LogP contribution in [0.25, 0.3) is 0 Å². The second-order valence-corrected chi connectivity index (χ2v) is 5.87. The molecule has 0 atom stereocenters. The van der Waals surface area contributed by atoms with Crippen LogP contribution in [-0.4, -0.2) is 12.0 Å². The molecule has 0 amide bonds. The molecule has 2 aromatic rings. The summed E-state index contributed by atoms with van der Waals surface area (Å²) < 4.78 is 5.90. The summed E-state index contributed by atoms with van der Waals surface area (Å²) in [4.78, 5) is 4.57. The number of hydrogen-bond acceptors (Lipinski definition) is 3. The van der Waals surface area contributed by atoms with Gasteiger partial charge in [-0.05, 0) is 49.2 Å². The number of rotatable bonds is 5. The lowest BCUT2D eigenvalue weighted by Gasteiger charge is -2.13. The zero-order chi connectivity index (χ0) is 15.4. The molecule has 4 heteroatoms. The van der Waals surface area contributed by atoms with E-state index in [1.807, 2.05) is 38.2 Å². The van der Waals surface area contributed by atoms with E-state index in [4.69, 9.17) is 16.3 Å². The first-order chi connectivity index (χ1) is 9.99. The molecule has 112 valence electrons. The van der Waals surface area contributed by atoms with Gasteiger partial charge < -0.3 is 10.1 Å². The maximum absolute atomic E-state index is 6.18. The Balaban J connectivity index is 2.36. The topological polar surface area (TPSA) is 34.1 Å². The van der Waals surface area contributed by atoms with Gasteiger partial charge in [0.2, 0.25) is 5.88 Å². The molecule has 3 nitrogen and oxygen atoms in total. The van der Waals surface area contributed by atoms with Gasteiger partial charge in [-0.3, -0.25) is 0 Å². The van der Waals surface area contributed by atoms with E-state index in [2.05, 4.69) is 30.2 Å². The first-order valence-electron chi connectivity index (χ1n) is 7.09. The Bertz CT molecular complexity index is 626. The highest BCUT2D eigenvalue weighted by atomic mass is 35.5. The molecule has 0 aliphatic heterocycles. The second-order valence-electron chi connectivity index (χ2n) is 5.46. The molecule has 0 unspecified atom stereocenters. The van der Waals surface area contributed by atoms with Gasteiger partial charge in [0.25, 0.3) is 0 Å². The van der Waals surface area contributed by atoms with Gasteiger partial charge in [-0.25, -0.2) is 4.98 Å². The third-order valence-corrected chi connectivity index (χ3v) is 3.47.